The van der Waals surface area contributed by atoms with Gasteiger partial charge in [-0.3, -0.25) is 5.32 Å². The van der Waals surface area contributed by atoms with E-state index >= 15 is 0 Å². The number of aryl methyl sites for hydroxylation is 1. The lowest BCUT2D eigenvalue weighted by atomic mass is 9.96. The highest BCUT2D eigenvalue weighted by Crippen LogP contribution is 2.44. The highest BCUT2D eigenvalue weighted by atomic mass is 35.5. The number of carbonyl (C=O) groups is 1. The maximum atomic E-state index is 12.5. The summed E-state index contributed by atoms with van der Waals surface area (Å²) in [7, 11) is 0. The number of rotatable bonds is 5. The van der Waals surface area contributed by atoms with Crippen molar-refractivity contribution in [3.8, 4) is 27.5 Å². The summed E-state index contributed by atoms with van der Waals surface area (Å²) >= 11 is 8.04. The van der Waals surface area contributed by atoms with E-state index in [1.54, 1.807) is 12.4 Å². The largest absolute Gasteiger partial charge is 0.337 e. The number of benzene rings is 1. The van der Waals surface area contributed by atoms with Crippen molar-refractivity contribution in [2.45, 2.75) is 19.3 Å². The molecule has 0 spiro atoms. The van der Waals surface area contributed by atoms with Crippen LogP contribution in [0, 0.1) is 5.92 Å². The molecule has 0 radical (unpaired) electrons. The maximum absolute atomic E-state index is 12.5. The number of hydrogen-bond donors (Lipinski definition) is 3. The fourth-order valence-corrected chi connectivity index (χ4v) is 5.92. The molecule has 4 aromatic rings. The number of halogens is 1. The third kappa shape index (κ3) is 4.29. The fraction of sp³-hybridized carbons (Fsp3) is 0.292. The fourth-order valence-electron chi connectivity index (χ4n) is 4.64. The molecule has 3 N–H and O–H groups in total. The zero-order valence-corrected chi connectivity index (χ0v) is 20.4. The van der Waals surface area contributed by atoms with Crippen LogP contribution in [-0.4, -0.2) is 50.4 Å². The van der Waals surface area contributed by atoms with Crippen molar-refractivity contribution in [3.63, 3.8) is 0 Å². The van der Waals surface area contributed by atoms with Gasteiger partial charge in [-0.2, -0.15) is 5.10 Å². The molecule has 0 unspecified atom stereocenters. The molecule has 0 saturated carbocycles. The van der Waals surface area contributed by atoms with Crippen LogP contribution in [0.15, 0.2) is 43.0 Å². The second-order valence-electron chi connectivity index (χ2n) is 8.65. The molecule has 1 aliphatic heterocycles. The first-order chi connectivity index (χ1) is 17.2. The molecule has 4 heterocycles. The number of aromatic nitrogens is 5. The lowest BCUT2D eigenvalue weighted by Gasteiger charge is -2.14. The van der Waals surface area contributed by atoms with Crippen molar-refractivity contribution in [1.82, 2.24) is 35.4 Å². The normalized spacial score (nSPS) is 16.5. The van der Waals surface area contributed by atoms with Gasteiger partial charge in [-0.25, -0.2) is 24.4 Å². The molecule has 1 fully saturated rings. The first-order valence-electron chi connectivity index (χ1n) is 11.5. The van der Waals surface area contributed by atoms with Crippen LogP contribution in [-0.2, 0) is 12.8 Å². The third-order valence-electron chi connectivity index (χ3n) is 6.36. The smallest absolute Gasteiger partial charge is 0.321 e. The SMILES string of the molecule is O=C(NC[C@H]1CCNC1)Nc1nc2c(s1)-c1c(c(-c3cncnc3)nn1-c1ccccc1Cl)CC2. The average molecular weight is 507 g/mol. The van der Waals surface area contributed by atoms with Crippen molar-refractivity contribution in [2.24, 2.45) is 5.92 Å². The number of para-hydroxylation sites is 1. The Balaban J connectivity index is 1.36. The molecule has 3 aromatic heterocycles. The van der Waals surface area contributed by atoms with Gasteiger partial charge in [0.05, 0.1) is 32.7 Å². The Hall–Kier alpha value is -3.34. The summed E-state index contributed by atoms with van der Waals surface area (Å²) in [4.78, 5) is 26.6. The van der Waals surface area contributed by atoms with Crippen LogP contribution in [0.3, 0.4) is 0 Å². The van der Waals surface area contributed by atoms with Crippen molar-refractivity contribution in [1.29, 1.82) is 0 Å². The van der Waals surface area contributed by atoms with E-state index in [2.05, 4.69) is 25.9 Å². The Labute approximate surface area is 211 Å². The summed E-state index contributed by atoms with van der Waals surface area (Å²) in [6.07, 6.45) is 7.65. The number of amides is 2. The molecule has 1 atom stereocenters. The highest BCUT2D eigenvalue weighted by Gasteiger charge is 2.30. The minimum absolute atomic E-state index is 0.232. The monoisotopic (exact) mass is 506 g/mol. The molecule has 2 aliphatic rings. The Morgan fingerprint density at radius 1 is 1.23 bits per heavy atom. The van der Waals surface area contributed by atoms with Gasteiger partial charge in [0, 0.05) is 30.1 Å². The summed E-state index contributed by atoms with van der Waals surface area (Å²) in [6, 6.07) is 7.40. The maximum Gasteiger partial charge on any atom is 0.321 e. The average Bonchev–Trinajstić information content (AvgIpc) is 3.62. The van der Waals surface area contributed by atoms with E-state index in [0.29, 0.717) is 22.6 Å². The predicted octanol–water partition coefficient (Wildman–Crippen LogP) is 3.94. The lowest BCUT2D eigenvalue weighted by molar-refractivity contribution is 0.250. The molecule has 11 heteroatoms. The van der Waals surface area contributed by atoms with Gasteiger partial charge in [-0.1, -0.05) is 35.1 Å². The first-order valence-corrected chi connectivity index (χ1v) is 12.7. The minimum Gasteiger partial charge on any atom is -0.337 e. The Morgan fingerprint density at radius 3 is 2.89 bits per heavy atom. The van der Waals surface area contributed by atoms with E-state index in [0.717, 1.165) is 71.1 Å². The molecule has 1 aromatic carbocycles. The minimum atomic E-state index is -0.232. The molecule has 6 rings (SSSR count). The molecular weight excluding hydrogens is 484 g/mol. The van der Waals surface area contributed by atoms with E-state index in [1.165, 1.54) is 17.7 Å². The molecule has 1 aliphatic carbocycles. The van der Waals surface area contributed by atoms with Gasteiger partial charge >= 0.3 is 6.03 Å². The summed E-state index contributed by atoms with van der Waals surface area (Å²) < 4.78 is 1.88. The van der Waals surface area contributed by atoms with Crippen LogP contribution in [0.2, 0.25) is 5.02 Å². The van der Waals surface area contributed by atoms with Crippen molar-refractivity contribution >= 4 is 34.1 Å². The van der Waals surface area contributed by atoms with E-state index in [-0.39, 0.29) is 6.03 Å². The van der Waals surface area contributed by atoms with Gasteiger partial charge in [-0.05, 0) is 50.4 Å². The second-order valence-corrected chi connectivity index (χ2v) is 10.1. The van der Waals surface area contributed by atoms with Gasteiger partial charge in [0.15, 0.2) is 5.13 Å². The first kappa shape index (κ1) is 22.1. The zero-order chi connectivity index (χ0) is 23.8. The molecule has 2 amide bonds. The van der Waals surface area contributed by atoms with E-state index in [4.69, 9.17) is 21.7 Å². The summed E-state index contributed by atoms with van der Waals surface area (Å²) in [5.41, 5.74) is 5.45. The number of urea groups is 1. The Morgan fingerprint density at radius 2 is 2.09 bits per heavy atom. The standard InChI is InChI=1S/C24H23ClN8OS/c25-17-3-1-2-4-19(17)33-21-16(20(32-33)15-11-27-13-28-12-15)5-6-18-22(21)35-24(30-18)31-23(34)29-10-14-7-8-26-9-14/h1-4,11-14,26H,5-10H2,(H2,29,30,31,34)/t14-/m0/s1. The van der Waals surface area contributed by atoms with Crippen molar-refractivity contribution < 1.29 is 4.79 Å². The van der Waals surface area contributed by atoms with Crippen molar-refractivity contribution in [2.75, 3.05) is 25.0 Å². The van der Waals surface area contributed by atoms with E-state index in [1.807, 2.05) is 28.9 Å². The van der Waals surface area contributed by atoms with Crippen molar-refractivity contribution in [3.05, 3.63) is 59.3 Å². The quantitative estimate of drug-likeness (QED) is 0.378. The van der Waals surface area contributed by atoms with Crippen LogP contribution in [0.25, 0.3) is 27.5 Å². The molecular formula is C24H23ClN8OS. The van der Waals surface area contributed by atoms with Gasteiger partial charge in [-0.15, -0.1) is 0 Å². The molecule has 0 bridgehead atoms. The van der Waals surface area contributed by atoms with E-state index in [9.17, 15) is 4.79 Å². The van der Waals surface area contributed by atoms with Crippen LogP contribution in [0.1, 0.15) is 17.7 Å². The van der Waals surface area contributed by atoms with Gasteiger partial charge in [0.1, 0.15) is 6.33 Å². The van der Waals surface area contributed by atoms with Crippen LogP contribution in [0.4, 0.5) is 9.93 Å². The van der Waals surface area contributed by atoms with Crippen LogP contribution >= 0.6 is 22.9 Å². The number of nitrogens with zero attached hydrogens (tertiary/aromatic N) is 5. The number of thiazole rings is 1. The predicted molar refractivity (Wildman–Crippen MR) is 136 cm³/mol. The Kier molecular flexibility index (Phi) is 5.93. The topological polar surface area (TPSA) is 110 Å². The number of carbonyl (C=O) groups excluding carboxylic acids is 1. The number of nitrogens with one attached hydrogen (secondary N) is 3. The van der Waals surface area contributed by atoms with E-state index < -0.39 is 0 Å². The molecule has 9 nitrogen and oxygen atoms in total. The zero-order valence-electron chi connectivity index (χ0n) is 18.8. The number of hydrogen-bond acceptors (Lipinski definition) is 7. The van der Waals surface area contributed by atoms with Gasteiger partial charge < -0.3 is 10.6 Å². The number of fused-ring (bicyclic) bond motifs is 3. The third-order valence-corrected chi connectivity index (χ3v) is 7.70. The van der Waals surface area contributed by atoms with Gasteiger partial charge in [0.2, 0.25) is 0 Å². The molecule has 1 saturated heterocycles. The molecule has 178 valence electrons. The lowest BCUT2D eigenvalue weighted by Crippen LogP contribution is -2.33. The summed E-state index contributed by atoms with van der Waals surface area (Å²) in [5.74, 6) is 0.471. The van der Waals surface area contributed by atoms with Crippen LogP contribution in [0.5, 0.6) is 0 Å². The van der Waals surface area contributed by atoms with Crippen LogP contribution < -0.4 is 16.0 Å². The van der Waals surface area contributed by atoms with Gasteiger partial charge in [0.25, 0.3) is 0 Å². The Bertz CT molecular complexity index is 1380. The highest BCUT2D eigenvalue weighted by molar-refractivity contribution is 7.19. The summed E-state index contributed by atoms with van der Waals surface area (Å²) in [5, 5.41) is 15.3. The number of anilines is 1. The second kappa shape index (κ2) is 9.37. The summed E-state index contributed by atoms with van der Waals surface area (Å²) in [6.45, 7) is 2.59. The molecule has 35 heavy (non-hydrogen) atoms.